The maximum atomic E-state index is 10.5. The number of rotatable bonds is 4. The van der Waals surface area contributed by atoms with Gasteiger partial charge in [-0.05, 0) is 62.4 Å². The van der Waals surface area contributed by atoms with Gasteiger partial charge < -0.3 is 9.52 Å². The van der Waals surface area contributed by atoms with Gasteiger partial charge in [0.15, 0.2) is 5.71 Å². The predicted molar refractivity (Wildman–Crippen MR) is 144 cm³/mol. The quantitative estimate of drug-likeness (QED) is 0.271. The van der Waals surface area contributed by atoms with E-state index in [9.17, 15) is 5.11 Å². The first kappa shape index (κ1) is 21.6. The van der Waals surface area contributed by atoms with Crippen LogP contribution in [-0.2, 0) is 5.41 Å². The summed E-state index contributed by atoms with van der Waals surface area (Å²) in [6.45, 7) is 4.51. The molecule has 0 saturated carbocycles. The summed E-state index contributed by atoms with van der Waals surface area (Å²) in [5.74, 6) is 1.74. The molecular formula is C30H25N2O2S+. The van der Waals surface area contributed by atoms with Gasteiger partial charge in [-0.3, -0.25) is 0 Å². The average molecular weight is 478 g/mol. The highest BCUT2D eigenvalue weighted by molar-refractivity contribution is 7.21. The third-order valence-corrected chi connectivity index (χ3v) is 7.85. The molecular weight excluding hydrogens is 452 g/mol. The number of benzene rings is 3. The van der Waals surface area contributed by atoms with E-state index in [-0.39, 0.29) is 11.2 Å². The standard InChI is InChI=1S/C30H24N2O2S/c1-30(2)22-8-4-6-10-24(22)32(3)28(30)17-14-20-13-16-26(34-20)19-12-15-25(33)21(18-19)29-31-23-9-5-7-11-27(23)35-29/h4-18H,1-3H3/p+1. The van der Waals surface area contributed by atoms with Crippen molar-refractivity contribution in [3.63, 3.8) is 0 Å². The van der Waals surface area contributed by atoms with E-state index in [1.165, 1.54) is 17.0 Å². The van der Waals surface area contributed by atoms with E-state index >= 15 is 0 Å². The van der Waals surface area contributed by atoms with Gasteiger partial charge in [0, 0.05) is 23.3 Å². The molecule has 2 aromatic heterocycles. The van der Waals surface area contributed by atoms with Gasteiger partial charge in [-0.15, -0.1) is 11.3 Å². The average Bonchev–Trinajstić information content (AvgIpc) is 3.55. The van der Waals surface area contributed by atoms with Crippen LogP contribution < -0.4 is 0 Å². The molecule has 6 rings (SSSR count). The monoisotopic (exact) mass is 477 g/mol. The largest absolute Gasteiger partial charge is 0.507 e. The molecule has 0 radical (unpaired) electrons. The Morgan fingerprint density at radius 3 is 2.57 bits per heavy atom. The number of hydrogen-bond acceptors (Lipinski definition) is 4. The lowest BCUT2D eigenvalue weighted by Crippen LogP contribution is -2.26. The number of hydrogen-bond donors (Lipinski definition) is 1. The summed E-state index contributed by atoms with van der Waals surface area (Å²) in [6.07, 6.45) is 4.17. The molecule has 0 fully saturated rings. The summed E-state index contributed by atoms with van der Waals surface area (Å²) in [6, 6.07) is 26.0. The normalized spacial score (nSPS) is 14.8. The fraction of sp³-hybridized carbons (Fsp3) is 0.133. The maximum absolute atomic E-state index is 10.5. The van der Waals surface area contributed by atoms with Crippen LogP contribution in [0.1, 0.15) is 25.2 Å². The van der Waals surface area contributed by atoms with Crippen molar-refractivity contribution in [2.24, 2.45) is 0 Å². The molecule has 4 nitrogen and oxygen atoms in total. The Hall–Kier alpha value is -3.96. The zero-order valence-corrected chi connectivity index (χ0v) is 20.6. The molecule has 1 aliphatic rings. The summed E-state index contributed by atoms with van der Waals surface area (Å²) >= 11 is 1.57. The summed E-state index contributed by atoms with van der Waals surface area (Å²) in [5.41, 5.74) is 6.24. The number of furan rings is 1. The topological polar surface area (TPSA) is 49.3 Å². The number of fused-ring (bicyclic) bond motifs is 2. The van der Waals surface area contributed by atoms with Crippen LogP contribution in [0.3, 0.4) is 0 Å². The van der Waals surface area contributed by atoms with E-state index in [2.05, 4.69) is 55.8 Å². The number of aromatic nitrogens is 1. The molecule has 0 spiro atoms. The molecule has 1 N–H and O–H groups in total. The number of phenolic OH excluding ortho intramolecular Hbond substituents is 1. The van der Waals surface area contributed by atoms with E-state index in [1.807, 2.05) is 54.6 Å². The molecule has 0 saturated heterocycles. The molecule has 0 aliphatic carbocycles. The number of aromatic hydroxyl groups is 1. The molecule has 0 atom stereocenters. The molecule has 35 heavy (non-hydrogen) atoms. The first-order valence-electron chi connectivity index (χ1n) is 11.6. The van der Waals surface area contributed by atoms with Gasteiger partial charge in [-0.25, -0.2) is 4.98 Å². The second kappa shape index (κ2) is 8.07. The van der Waals surface area contributed by atoms with Crippen LogP contribution in [0.25, 0.3) is 38.2 Å². The number of allylic oxidation sites excluding steroid dienone is 1. The Morgan fingerprint density at radius 2 is 1.74 bits per heavy atom. The zero-order chi connectivity index (χ0) is 24.2. The van der Waals surface area contributed by atoms with Gasteiger partial charge in [0.05, 0.1) is 21.2 Å². The molecule has 5 heteroatoms. The molecule has 1 aliphatic heterocycles. The third-order valence-electron chi connectivity index (χ3n) is 6.78. The van der Waals surface area contributed by atoms with Crippen LogP contribution >= 0.6 is 11.3 Å². The van der Waals surface area contributed by atoms with Crippen LogP contribution in [0, 0.1) is 0 Å². The van der Waals surface area contributed by atoms with Gasteiger partial charge in [0.1, 0.15) is 29.3 Å². The lowest BCUT2D eigenvalue weighted by Gasteiger charge is -2.14. The van der Waals surface area contributed by atoms with E-state index in [0.717, 1.165) is 32.3 Å². The van der Waals surface area contributed by atoms with E-state index < -0.39 is 0 Å². The van der Waals surface area contributed by atoms with E-state index in [1.54, 1.807) is 17.4 Å². The van der Waals surface area contributed by atoms with Gasteiger partial charge in [-0.1, -0.05) is 30.3 Å². The van der Waals surface area contributed by atoms with Crippen molar-refractivity contribution in [3.05, 3.63) is 96.3 Å². The van der Waals surface area contributed by atoms with Crippen molar-refractivity contribution in [1.82, 2.24) is 4.98 Å². The van der Waals surface area contributed by atoms with E-state index in [4.69, 9.17) is 9.40 Å². The second-order valence-electron chi connectivity index (χ2n) is 9.34. The number of thiazole rings is 1. The minimum atomic E-state index is -0.0830. The number of nitrogens with zero attached hydrogens (tertiary/aromatic N) is 2. The minimum Gasteiger partial charge on any atom is -0.507 e. The SMILES string of the molecule is C[N+]1=C(C=Cc2ccc(-c3ccc(O)c(-c4nc5ccccc5s4)c3)o2)C(C)(C)c2ccccc21. The molecule has 0 unspecified atom stereocenters. The fourth-order valence-electron chi connectivity index (χ4n) is 4.91. The first-order chi connectivity index (χ1) is 16.9. The smallest absolute Gasteiger partial charge is 0.209 e. The van der Waals surface area contributed by atoms with Crippen LogP contribution in [0.4, 0.5) is 5.69 Å². The highest BCUT2D eigenvalue weighted by Crippen LogP contribution is 2.40. The fourth-order valence-corrected chi connectivity index (χ4v) is 5.90. The van der Waals surface area contributed by atoms with Gasteiger partial charge in [-0.2, -0.15) is 4.58 Å². The molecule has 0 bridgehead atoms. The zero-order valence-electron chi connectivity index (χ0n) is 19.8. The van der Waals surface area contributed by atoms with E-state index in [0.29, 0.717) is 5.56 Å². The molecule has 3 aromatic carbocycles. The van der Waals surface area contributed by atoms with Crippen molar-refractivity contribution in [1.29, 1.82) is 0 Å². The number of phenols is 1. The first-order valence-corrected chi connectivity index (χ1v) is 12.4. The second-order valence-corrected chi connectivity index (χ2v) is 10.4. The Balaban J connectivity index is 1.31. The Bertz CT molecular complexity index is 1620. The lowest BCUT2D eigenvalue weighted by atomic mass is 9.81. The van der Waals surface area contributed by atoms with Crippen molar-refractivity contribution in [3.8, 4) is 27.6 Å². The van der Waals surface area contributed by atoms with Crippen LogP contribution in [0.5, 0.6) is 5.75 Å². The summed E-state index contributed by atoms with van der Waals surface area (Å²) < 4.78 is 9.53. The summed E-state index contributed by atoms with van der Waals surface area (Å²) in [4.78, 5) is 4.70. The Morgan fingerprint density at radius 1 is 0.943 bits per heavy atom. The minimum absolute atomic E-state index is 0.0830. The Labute approximate surface area is 208 Å². The van der Waals surface area contributed by atoms with Gasteiger partial charge in [0.2, 0.25) is 5.69 Å². The Kier molecular flexibility index (Phi) is 4.97. The van der Waals surface area contributed by atoms with Crippen LogP contribution in [0.2, 0.25) is 0 Å². The van der Waals surface area contributed by atoms with Crippen LogP contribution in [-0.4, -0.2) is 27.4 Å². The van der Waals surface area contributed by atoms with Crippen molar-refractivity contribution < 1.29 is 14.1 Å². The van der Waals surface area contributed by atoms with Crippen molar-refractivity contribution in [2.45, 2.75) is 19.3 Å². The maximum Gasteiger partial charge on any atom is 0.209 e. The molecule has 3 heterocycles. The molecule has 0 amide bonds. The summed E-state index contributed by atoms with van der Waals surface area (Å²) in [7, 11) is 2.11. The highest BCUT2D eigenvalue weighted by atomic mass is 32.1. The molecule has 172 valence electrons. The van der Waals surface area contributed by atoms with Crippen LogP contribution in [0.15, 0.2) is 89.4 Å². The third kappa shape index (κ3) is 3.60. The molecule has 5 aromatic rings. The van der Waals surface area contributed by atoms with Gasteiger partial charge >= 0.3 is 0 Å². The predicted octanol–water partition coefficient (Wildman–Crippen LogP) is 7.65. The number of para-hydroxylation sites is 2. The summed E-state index contributed by atoms with van der Waals surface area (Å²) in [5, 5.41) is 11.3. The van der Waals surface area contributed by atoms with Crippen molar-refractivity contribution in [2.75, 3.05) is 7.05 Å². The highest BCUT2D eigenvalue weighted by Gasteiger charge is 2.42. The van der Waals surface area contributed by atoms with Gasteiger partial charge in [0.25, 0.3) is 0 Å². The lowest BCUT2D eigenvalue weighted by molar-refractivity contribution is -0.401. The van der Waals surface area contributed by atoms with Crippen molar-refractivity contribution >= 4 is 39.0 Å².